The van der Waals surface area contributed by atoms with E-state index in [1.54, 1.807) is 0 Å². The monoisotopic (exact) mass is 173 g/mol. The molecule has 0 heterocycles. The molecule has 0 amide bonds. The first-order valence-electron chi connectivity index (χ1n) is 5.10. The second-order valence-corrected chi connectivity index (χ2v) is 3.63. The van der Waals surface area contributed by atoms with Crippen LogP contribution in [0.15, 0.2) is 0 Å². The minimum Gasteiger partial charge on any atom is -0.393 e. The predicted octanol–water partition coefficient (Wildman–Crippen LogP) is 1.91. The van der Waals surface area contributed by atoms with Crippen LogP contribution in [0.5, 0.6) is 0 Å². The Morgan fingerprint density at radius 2 is 1.92 bits per heavy atom. The summed E-state index contributed by atoms with van der Waals surface area (Å²) in [4.78, 5) is 0. The molecule has 12 heavy (non-hydrogen) atoms. The van der Waals surface area contributed by atoms with Crippen molar-refractivity contribution in [1.82, 2.24) is 0 Å². The van der Waals surface area contributed by atoms with E-state index in [1.807, 2.05) is 6.92 Å². The molecule has 0 aliphatic rings. The molecule has 0 spiro atoms. The molecular formula is C10H23NO. The first kappa shape index (κ1) is 11.9. The summed E-state index contributed by atoms with van der Waals surface area (Å²) in [5.74, 6) is 0.256. The largest absolute Gasteiger partial charge is 0.393 e. The summed E-state index contributed by atoms with van der Waals surface area (Å²) in [6, 6.07) is 0. The summed E-state index contributed by atoms with van der Waals surface area (Å²) in [7, 11) is 0. The van der Waals surface area contributed by atoms with Gasteiger partial charge in [-0.3, -0.25) is 0 Å². The Hall–Kier alpha value is -0.0800. The summed E-state index contributed by atoms with van der Waals surface area (Å²) >= 11 is 0. The maximum atomic E-state index is 9.54. The number of aliphatic hydroxyl groups is 1. The van der Waals surface area contributed by atoms with Crippen molar-refractivity contribution in [3.05, 3.63) is 0 Å². The minimum absolute atomic E-state index is 0.188. The fourth-order valence-electron chi connectivity index (χ4n) is 1.22. The number of nitrogens with two attached hydrogens (primary N) is 1. The van der Waals surface area contributed by atoms with Crippen molar-refractivity contribution in [3.8, 4) is 0 Å². The van der Waals surface area contributed by atoms with E-state index in [-0.39, 0.29) is 12.0 Å². The molecule has 0 saturated heterocycles. The van der Waals surface area contributed by atoms with Gasteiger partial charge in [-0.25, -0.2) is 0 Å². The molecule has 2 heteroatoms. The van der Waals surface area contributed by atoms with Gasteiger partial charge in [0.15, 0.2) is 0 Å². The normalized spacial score (nSPS) is 16.0. The summed E-state index contributed by atoms with van der Waals surface area (Å²) < 4.78 is 0. The van der Waals surface area contributed by atoms with Crippen molar-refractivity contribution in [3.63, 3.8) is 0 Å². The summed E-state index contributed by atoms with van der Waals surface area (Å²) in [6.07, 6.45) is 5.64. The fourth-order valence-corrected chi connectivity index (χ4v) is 1.22. The van der Waals surface area contributed by atoms with Crippen molar-refractivity contribution in [2.45, 2.75) is 52.1 Å². The van der Waals surface area contributed by atoms with Gasteiger partial charge in [-0.2, -0.15) is 0 Å². The average Bonchev–Trinajstić information content (AvgIpc) is 2.10. The Labute approximate surface area is 76.2 Å². The predicted molar refractivity (Wildman–Crippen MR) is 53.0 cm³/mol. The lowest BCUT2D eigenvalue weighted by atomic mass is 9.99. The Balaban J connectivity index is 3.24. The standard InChI is InChI=1S/C10H23NO/c1-3-4-5-6-7-10(12)9(2)8-11/h9-10,12H,3-8,11H2,1-2H3. The highest BCUT2D eigenvalue weighted by atomic mass is 16.3. The van der Waals surface area contributed by atoms with E-state index in [2.05, 4.69) is 6.92 Å². The van der Waals surface area contributed by atoms with Gasteiger partial charge in [-0.05, 0) is 18.9 Å². The number of aliphatic hydroxyl groups excluding tert-OH is 1. The number of unbranched alkanes of at least 4 members (excludes halogenated alkanes) is 3. The van der Waals surface area contributed by atoms with Crippen molar-refractivity contribution >= 4 is 0 Å². The first-order chi connectivity index (χ1) is 5.72. The summed E-state index contributed by atoms with van der Waals surface area (Å²) in [5, 5.41) is 9.54. The molecule has 0 aromatic heterocycles. The van der Waals surface area contributed by atoms with Gasteiger partial charge in [0.1, 0.15) is 0 Å². The molecule has 2 unspecified atom stereocenters. The van der Waals surface area contributed by atoms with Gasteiger partial charge in [0, 0.05) is 0 Å². The third-order valence-electron chi connectivity index (χ3n) is 2.38. The van der Waals surface area contributed by atoms with Crippen LogP contribution in [0.2, 0.25) is 0 Å². The van der Waals surface area contributed by atoms with Crippen LogP contribution in [0.4, 0.5) is 0 Å². The smallest absolute Gasteiger partial charge is 0.0577 e. The van der Waals surface area contributed by atoms with E-state index in [9.17, 15) is 5.11 Å². The maximum absolute atomic E-state index is 9.54. The maximum Gasteiger partial charge on any atom is 0.0577 e. The molecular weight excluding hydrogens is 150 g/mol. The zero-order valence-electron chi connectivity index (χ0n) is 8.42. The fraction of sp³-hybridized carbons (Fsp3) is 1.00. The second-order valence-electron chi connectivity index (χ2n) is 3.63. The van der Waals surface area contributed by atoms with Gasteiger partial charge >= 0.3 is 0 Å². The molecule has 0 radical (unpaired) electrons. The van der Waals surface area contributed by atoms with Gasteiger partial charge in [0.2, 0.25) is 0 Å². The number of hydrogen-bond donors (Lipinski definition) is 2. The SMILES string of the molecule is CCCCCCC(O)C(C)CN. The van der Waals surface area contributed by atoms with Gasteiger partial charge in [0.05, 0.1) is 6.10 Å². The van der Waals surface area contributed by atoms with E-state index < -0.39 is 0 Å². The molecule has 0 fully saturated rings. The number of hydrogen-bond acceptors (Lipinski definition) is 2. The molecule has 0 saturated carbocycles. The molecule has 2 nitrogen and oxygen atoms in total. The summed E-state index contributed by atoms with van der Waals surface area (Å²) in [5.41, 5.74) is 5.44. The molecule has 0 aliphatic heterocycles. The highest BCUT2D eigenvalue weighted by Crippen LogP contribution is 2.11. The zero-order valence-corrected chi connectivity index (χ0v) is 8.42. The molecule has 0 aromatic carbocycles. The Kier molecular flexibility index (Phi) is 7.51. The molecule has 0 aliphatic carbocycles. The lowest BCUT2D eigenvalue weighted by Gasteiger charge is -2.16. The Bertz CT molecular complexity index is 95.8. The van der Waals surface area contributed by atoms with Crippen LogP contribution >= 0.6 is 0 Å². The second kappa shape index (κ2) is 7.56. The van der Waals surface area contributed by atoms with Crippen molar-refractivity contribution in [1.29, 1.82) is 0 Å². The van der Waals surface area contributed by atoms with Crippen LogP contribution in [-0.2, 0) is 0 Å². The van der Waals surface area contributed by atoms with Crippen LogP contribution in [0.25, 0.3) is 0 Å². The molecule has 3 N–H and O–H groups in total. The average molecular weight is 173 g/mol. The van der Waals surface area contributed by atoms with Gasteiger partial charge in [-0.1, -0.05) is 39.5 Å². The molecule has 74 valence electrons. The molecule has 0 rings (SSSR count). The quantitative estimate of drug-likeness (QED) is 0.578. The molecule has 0 bridgehead atoms. The highest BCUT2D eigenvalue weighted by molar-refractivity contribution is 4.64. The Morgan fingerprint density at radius 1 is 1.25 bits per heavy atom. The van der Waals surface area contributed by atoms with Crippen molar-refractivity contribution < 1.29 is 5.11 Å². The van der Waals surface area contributed by atoms with Crippen LogP contribution in [0, 0.1) is 5.92 Å². The van der Waals surface area contributed by atoms with Crippen LogP contribution in [0.1, 0.15) is 46.0 Å². The van der Waals surface area contributed by atoms with Gasteiger partial charge < -0.3 is 10.8 Å². The van der Waals surface area contributed by atoms with Crippen LogP contribution in [0.3, 0.4) is 0 Å². The van der Waals surface area contributed by atoms with Gasteiger partial charge in [-0.15, -0.1) is 0 Å². The lowest BCUT2D eigenvalue weighted by molar-refractivity contribution is 0.108. The molecule has 2 atom stereocenters. The minimum atomic E-state index is -0.188. The zero-order chi connectivity index (χ0) is 9.40. The highest BCUT2D eigenvalue weighted by Gasteiger charge is 2.10. The van der Waals surface area contributed by atoms with Crippen molar-refractivity contribution in [2.24, 2.45) is 11.7 Å². The van der Waals surface area contributed by atoms with E-state index in [0.717, 1.165) is 12.8 Å². The van der Waals surface area contributed by atoms with Crippen molar-refractivity contribution in [2.75, 3.05) is 6.54 Å². The van der Waals surface area contributed by atoms with E-state index >= 15 is 0 Å². The van der Waals surface area contributed by atoms with E-state index in [0.29, 0.717) is 6.54 Å². The van der Waals surface area contributed by atoms with E-state index in [1.165, 1.54) is 19.3 Å². The Morgan fingerprint density at radius 3 is 2.42 bits per heavy atom. The van der Waals surface area contributed by atoms with Crippen LogP contribution < -0.4 is 5.73 Å². The van der Waals surface area contributed by atoms with Gasteiger partial charge in [0.25, 0.3) is 0 Å². The lowest BCUT2D eigenvalue weighted by Crippen LogP contribution is -2.24. The van der Waals surface area contributed by atoms with E-state index in [4.69, 9.17) is 5.73 Å². The molecule has 0 aromatic rings. The number of rotatable bonds is 7. The first-order valence-corrected chi connectivity index (χ1v) is 5.10. The van der Waals surface area contributed by atoms with Crippen LogP contribution in [-0.4, -0.2) is 17.8 Å². The third-order valence-corrected chi connectivity index (χ3v) is 2.38. The third kappa shape index (κ3) is 5.56. The summed E-state index contributed by atoms with van der Waals surface area (Å²) in [6.45, 7) is 4.79. The topological polar surface area (TPSA) is 46.2 Å².